The first kappa shape index (κ1) is 89.9. The highest BCUT2D eigenvalue weighted by Gasteiger charge is 2.32. The zero-order valence-corrected chi connectivity index (χ0v) is 72.6. The molecule has 4 aliphatic heterocycles. The molecule has 0 unspecified atom stereocenters. The molecule has 6 aromatic heterocycles. The van der Waals surface area contributed by atoms with E-state index in [0.717, 1.165) is 60.3 Å². The summed E-state index contributed by atoms with van der Waals surface area (Å²) >= 11 is 0. The second-order valence-corrected chi connectivity index (χ2v) is 32.2. The average molecular weight is 1820 g/mol. The molecule has 20 rings (SSSR count). The van der Waals surface area contributed by atoms with E-state index in [-0.39, 0.29) is 102 Å². The van der Waals surface area contributed by atoms with Gasteiger partial charge in [0, 0.05) is 115 Å². The second-order valence-electron chi connectivity index (χ2n) is 32.2. The smallest absolute Gasteiger partial charge is 0.244 e. The predicted molar refractivity (Wildman–Crippen MR) is 478 cm³/mol. The van der Waals surface area contributed by atoms with Gasteiger partial charge < -0.3 is 33.6 Å². The number of carbonyl (C=O) groups excluding carboxylic acids is 4. The van der Waals surface area contributed by atoms with E-state index in [4.69, 9.17) is 14.0 Å². The minimum Gasteiger partial charge on any atom is -0.497 e. The maximum absolute atomic E-state index is 13.5. The summed E-state index contributed by atoms with van der Waals surface area (Å²) in [5.74, 6) is 2.80. The van der Waals surface area contributed by atoms with Crippen LogP contribution in [-0.2, 0) is 84.3 Å². The number of hydrogen-bond donors (Lipinski definition) is 0. The third kappa shape index (κ3) is 21.5. The molecule has 26 nitrogen and oxygen atoms in total. The third-order valence-corrected chi connectivity index (χ3v) is 23.3. The van der Waals surface area contributed by atoms with Crippen LogP contribution in [0.25, 0.3) is 91.1 Å². The van der Waals surface area contributed by atoms with Crippen molar-refractivity contribution in [1.82, 2.24) is 93.8 Å². The number of pyridine rings is 1. The number of rotatable bonds is 19. The van der Waals surface area contributed by atoms with Gasteiger partial charge >= 0.3 is 0 Å². The molecule has 0 bridgehead atoms. The predicted octanol–water partition coefficient (Wildman–Crippen LogP) is 16.8. The number of aryl methyl sites for hydroxylation is 1. The van der Waals surface area contributed by atoms with Crippen molar-refractivity contribution in [2.24, 2.45) is 0 Å². The van der Waals surface area contributed by atoms with Gasteiger partial charge in [0.05, 0.1) is 14.2 Å². The number of aromatic nitrogens is 15. The van der Waals surface area contributed by atoms with E-state index in [1.54, 1.807) is 145 Å². The molecule has 0 N–H and O–H groups in total. The fourth-order valence-electron chi connectivity index (χ4n) is 16.1. The van der Waals surface area contributed by atoms with Gasteiger partial charge in [0.25, 0.3) is 0 Å². The molecular weight excluding hydrogens is 1730 g/mol. The average Bonchev–Trinajstić information content (AvgIpc) is 1.64. The van der Waals surface area contributed by atoms with E-state index >= 15 is 0 Å². The summed E-state index contributed by atoms with van der Waals surface area (Å²) in [5.41, 5.74) is 11.8. The Bertz CT molecular complexity index is 6850. The molecule has 4 aliphatic rings. The normalized spacial score (nSPS) is 13.4. The van der Waals surface area contributed by atoms with Crippen LogP contribution in [0.2, 0.25) is 0 Å². The highest BCUT2D eigenvalue weighted by Crippen LogP contribution is 2.34. The minimum absolute atomic E-state index is 0.0133. The molecule has 10 heterocycles. The topological polar surface area (TPSA) is 274 Å². The number of amides is 4. The van der Waals surface area contributed by atoms with Crippen molar-refractivity contribution in [2.45, 2.75) is 90.8 Å². The van der Waals surface area contributed by atoms with Crippen LogP contribution >= 0.6 is 0 Å². The van der Waals surface area contributed by atoms with Gasteiger partial charge in [-0.1, -0.05) is 17.3 Å². The molecule has 678 valence electrons. The van der Waals surface area contributed by atoms with Crippen molar-refractivity contribution < 1.29 is 68.3 Å². The number of hydrogen-bond acceptors (Lipinski definition) is 18. The van der Waals surface area contributed by atoms with Crippen LogP contribution in [0.1, 0.15) is 63.9 Å². The Balaban J connectivity index is 0.000000124. The summed E-state index contributed by atoms with van der Waals surface area (Å²) in [6, 6.07) is 60.6. The molecular formula is C100H85F8N19O7. The highest BCUT2D eigenvalue weighted by molar-refractivity contribution is 5.80. The lowest BCUT2D eigenvalue weighted by molar-refractivity contribution is -0.133. The number of benzene rings is 10. The van der Waals surface area contributed by atoms with Crippen LogP contribution in [0.5, 0.6) is 11.5 Å². The Hall–Kier alpha value is -16.0. The molecule has 4 amide bonds. The Morgan fingerprint density at radius 1 is 0.328 bits per heavy atom. The van der Waals surface area contributed by atoms with Crippen LogP contribution in [0.4, 0.5) is 35.1 Å². The Labute approximate surface area is 762 Å². The van der Waals surface area contributed by atoms with Gasteiger partial charge in [-0.15, -0.1) is 20.4 Å². The number of halogens is 8. The van der Waals surface area contributed by atoms with Gasteiger partial charge in [-0.2, -0.15) is 4.98 Å². The summed E-state index contributed by atoms with van der Waals surface area (Å²) < 4.78 is 129. The van der Waals surface area contributed by atoms with E-state index in [2.05, 4.69) is 61.5 Å². The minimum atomic E-state index is -0.371. The first-order chi connectivity index (χ1) is 65.0. The van der Waals surface area contributed by atoms with Gasteiger partial charge in [-0.25, -0.2) is 73.8 Å². The first-order valence-corrected chi connectivity index (χ1v) is 43.0. The van der Waals surface area contributed by atoms with Crippen LogP contribution in [0.3, 0.4) is 0 Å². The molecule has 1 fully saturated rings. The second kappa shape index (κ2) is 40.5. The van der Waals surface area contributed by atoms with Crippen LogP contribution in [0.15, 0.2) is 254 Å². The van der Waals surface area contributed by atoms with E-state index in [0.29, 0.717) is 155 Å². The summed E-state index contributed by atoms with van der Waals surface area (Å²) in [6.45, 7) is 6.10. The Morgan fingerprint density at radius 2 is 0.627 bits per heavy atom. The fraction of sp³-hybridized carbons (Fsp3) is 0.210. The quantitative estimate of drug-likeness (QED) is 0.0680. The molecule has 16 aromatic rings. The molecule has 134 heavy (non-hydrogen) atoms. The third-order valence-electron chi connectivity index (χ3n) is 23.3. The molecule has 10 aromatic carbocycles. The van der Waals surface area contributed by atoms with Gasteiger partial charge in [0.1, 0.15) is 84.2 Å². The fourth-order valence-corrected chi connectivity index (χ4v) is 16.1. The highest BCUT2D eigenvalue weighted by atomic mass is 19.2. The van der Waals surface area contributed by atoms with Crippen molar-refractivity contribution in [2.75, 3.05) is 46.9 Å². The molecule has 1 saturated heterocycles. The number of piperidine rings is 1. The monoisotopic (exact) mass is 1820 g/mol. The number of methoxy groups -OCH3 is 2. The zero-order chi connectivity index (χ0) is 93.0. The maximum Gasteiger partial charge on any atom is 0.244 e. The number of likely N-dealkylation sites (tertiary alicyclic amines) is 1. The number of fused-ring (bicyclic) bond motifs is 3. The molecule has 0 saturated carbocycles. The summed E-state index contributed by atoms with van der Waals surface area (Å²) in [5, 5.41) is 22.0. The van der Waals surface area contributed by atoms with Gasteiger partial charge in [-0.3, -0.25) is 24.2 Å². The van der Waals surface area contributed by atoms with Crippen molar-refractivity contribution >= 4 is 23.6 Å². The molecule has 34 heteroatoms. The van der Waals surface area contributed by atoms with Crippen LogP contribution in [-0.4, -0.2) is 164 Å². The SMILES string of the molecule is COc1ccc2c(c1)CCN(C(=O)Cn1nc(-c3ccc(F)cc3)nc1-c1ccc(F)cc1)CC2.COc1ccc2c(c1)CN(C(=O)Cn1nc(-c3ccc(F)cc3)nc1-c1ccc(F)cc1)CC2.Cc1noc(C2CCN(C(=O)Cn3nc(-c4ccc(F)cc4)nc3-c3ccc(F)cc3)CC2)n1.O=C(Cn1nc(-c2ccc(F)cc2)nc1-c1ccc(F)cc1)N1Cc2ccncc2C1. The van der Waals surface area contributed by atoms with E-state index in [1.165, 1.54) is 132 Å². The van der Waals surface area contributed by atoms with E-state index in [1.807, 2.05) is 41.3 Å². The lowest BCUT2D eigenvalue weighted by Gasteiger charge is -2.30. The van der Waals surface area contributed by atoms with Gasteiger partial charge in [0.15, 0.2) is 52.4 Å². The van der Waals surface area contributed by atoms with Gasteiger partial charge in [-0.05, 0) is 297 Å². The van der Waals surface area contributed by atoms with E-state index in [9.17, 15) is 54.3 Å². The van der Waals surface area contributed by atoms with Crippen molar-refractivity contribution in [1.29, 1.82) is 0 Å². The van der Waals surface area contributed by atoms with Crippen molar-refractivity contribution in [3.05, 3.63) is 341 Å². The van der Waals surface area contributed by atoms with Crippen LogP contribution in [0, 0.1) is 53.5 Å². The van der Waals surface area contributed by atoms with Gasteiger partial charge in [0.2, 0.25) is 29.5 Å². The largest absolute Gasteiger partial charge is 0.497 e. The van der Waals surface area contributed by atoms with Crippen LogP contribution < -0.4 is 9.47 Å². The molecule has 0 aliphatic carbocycles. The first-order valence-electron chi connectivity index (χ1n) is 43.0. The standard InChI is InChI=1S/C27H24F2N4O2.C26H22F2N4O2.C24H22F2N6O2.C23H17F2N5O/c1-35-24-11-6-18-12-14-32(15-13-21(18)16-24)25(34)17-33-27(20-4-9-23(29)10-5-20)30-26(31-33)19-2-7-22(28)8-3-19;1-34-23-11-6-17-12-13-31(15-20(17)14-23)24(33)16-32-26(19-4-9-22(28)10-5-19)29-25(30-32)18-2-7-21(27)8-3-18;1-15-27-24(34-30-15)18-10-12-31(13-11-18)21(33)14-32-23(17-4-8-20(26)9-5-17)28-22(29-32)16-2-6-19(25)7-3-16;24-19-5-1-15(2-6-19)22-27-23(16-3-7-20(25)8-4-16)30(28-22)14-21(31)29-12-17-9-10-26-11-18(17)13-29/h2-11,16H,12-15,17H2,1H3;2-11,14H,12-13,15-16H2,1H3;2-9,18H,10-14H2,1H3;1-11H,12-14H2. The number of carbonyl (C=O) groups is 4. The summed E-state index contributed by atoms with van der Waals surface area (Å²) in [6.07, 6.45) is 7.21. The van der Waals surface area contributed by atoms with Crippen molar-refractivity contribution in [3.8, 4) is 103 Å². The number of nitrogens with zero attached hydrogens (tertiary/aromatic N) is 19. The maximum atomic E-state index is 13.5. The number of ether oxygens (including phenoxy) is 2. The zero-order valence-electron chi connectivity index (χ0n) is 72.6. The van der Waals surface area contributed by atoms with E-state index < -0.39 is 0 Å². The Morgan fingerprint density at radius 3 is 0.970 bits per heavy atom. The lowest BCUT2D eigenvalue weighted by Crippen LogP contribution is -2.40. The molecule has 0 spiro atoms. The molecule has 0 radical (unpaired) electrons. The van der Waals surface area contributed by atoms with Crippen molar-refractivity contribution in [3.63, 3.8) is 0 Å². The molecule has 0 atom stereocenters. The summed E-state index contributed by atoms with van der Waals surface area (Å²) in [7, 11) is 3.26. The Kier molecular flexibility index (Phi) is 27.2. The lowest BCUT2D eigenvalue weighted by atomic mass is 9.97. The summed E-state index contributed by atoms with van der Waals surface area (Å²) in [4.78, 5) is 86.6.